The molecule has 1 atom stereocenters. The molecule has 0 saturated carbocycles. The van der Waals surface area contributed by atoms with Crippen molar-refractivity contribution in [3.8, 4) is 0 Å². The Morgan fingerprint density at radius 2 is 2.17 bits per heavy atom. The predicted molar refractivity (Wildman–Crippen MR) is 109 cm³/mol. The second kappa shape index (κ2) is 9.92. The molecule has 1 unspecified atom stereocenters. The average molecular weight is 431 g/mol. The van der Waals surface area contributed by atoms with Crippen LogP contribution in [0.3, 0.4) is 0 Å². The van der Waals surface area contributed by atoms with Gasteiger partial charge in [-0.15, -0.1) is 10.2 Å². The first-order valence-corrected chi connectivity index (χ1v) is 10.2. The molecular formula is C19H21N5O5S. The maximum Gasteiger partial charge on any atom is 0.290 e. The third kappa shape index (κ3) is 4.98. The number of hydrogen-bond donors (Lipinski definition) is 2. The first-order valence-electron chi connectivity index (χ1n) is 9.38. The van der Waals surface area contributed by atoms with Crippen LogP contribution < -0.4 is 10.2 Å². The molecule has 0 spiro atoms. The zero-order valence-corrected chi connectivity index (χ0v) is 17.1. The molecule has 2 amide bonds. The van der Waals surface area contributed by atoms with Gasteiger partial charge in [-0.3, -0.25) is 19.3 Å². The van der Waals surface area contributed by atoms with Crippen LogP contribution in [0.1, 0.15) is 24.2 Å². The number of aryl methyl sites for hydroxylation is 1. The fourth-order valence-corrected chi connectivity index (χ4v) is 3.83. The van der Waals surface area contributed by atoms with Crippen LogP contribution in [0, 0.1) is 5.92 Å². The molecule has 0 radical (unpaired) electrons. The molecule has 2 aromatic heterocycles. The van der Waals surface area contributed by atoms with Crippen LogP contribution in [0.4, 0.5) is 5.13 Å². The van der Waals surface area contributed by atoms with E-state index in [0.717, 1.165) is 22.5 Å². The summed E-state index contributed by atoms with van der Waals surface area (Å²) in [7, 11) is 0. The summed E-state index contributed by atoms with van der Waals surface area (Å²) in [5.41, 5.74) is 1.54. The van der Waals surface area contributed by atoms with E-state index in [1.807, 2.05) is 31.2 Å². The van der Waals surface area contributed by atoms with Gasteiger partial charge in [-0.2, -0.15) is 0 Å². The van der Waals surface area contributed by atoms with E-state index in [4.69, 9.17) is 14.3 Å². The van der Waals surface area contributed by atoms with Crippen LogP contribution in [0.15, 0.2) is 28.7 Å². The predicted octanol–water partition coefficient (Wildman–Crippen LogP) is 1.65. The van der Waals surface area contributed by atoms with Crippen molar-refractivity contribution in [2.75, 3.05) is 18.0 Å². The van der Waals surface area contributed by atoms with Crippen molar-refractivity contribution in [1.82, 2.24) is 20.5 Å². The Balaban J connectivity index is 0.000000806. The molecule has 3 aromatic rings. The molecule has 1 fully saturated rings. The van der Waals surface area contributed by atoms with E-state index in [2.05, 4.69) is 20.5 Å². The minimum absolute atomic E-state index is 0.0899. The molecule has 11 heteroatoms. The maximum absolute atomic E-state index is 12.4. The van der Waals surface area contributed by atoms with Crippen molar-refractivity contribution in [2.45, 2.75) is 26.2 Å². The average Bonchev–Trinajstić information content (AvgIpc) is 3.45. The first-order chi connectivity index (χ1) is 14.5. The lowest BCUT2D eigenvalue weighted by Gasteiger charge is -2.12. The number of aromatic nitrogens is 3. The van der Waals surface area contributed by atoms with Gasteiger partial charge in [-0.05, 0) is 18.6 Å². The molecule has 0 aliphatic carbocycles. The lowest BCUT2D eigenvalue weighted by atomic mass is 10.1. The highest BCUT2D eigenvalue weighted by Gasteiger charge is 2.36. The fourth-order valence-electron chi connectivity index (χ4n) is 3.03. The van der Waals surface area contributed by atoms with Gasteiger partial charge < -0.3 is 14.8 Å². The van der Waals surface area contributed by atoms with E-state index < -0.39 is 0 Å². The summed E-state index contributed by atoms with van der Waals surface area (Å²) in [5, 5.41) is 19.3. The molecule has 0 bridgehead atoms. The number of nitrogens with zero attached hydrogens (tertiary/aromatic N) is 4. The number of carboxylic acid groups (broad SMARTS) is 1. The van der Waals surface area contributed by atoms with Gasteiger partial charge in [0.25, 0.3) is 6.47 Å². The van der Waals surface area contributed by atoms with E-state index in [9.17, 15) is 9.59 Å². The van der Waals surface area contributed by atoms with Gasteiger partial charge in [0, 0.05) is 25.9 Å². The molecule has 10 nitrogen and oxygen atoms in total. The monoisotopic (exact) mass is 431 g/mol. The van der Waals surface area contributed by atoms with Gasteiger partial charge in [-0.25, -0.2) is 4.98 Å². The summed E-state index contributed by atoms with van der Waals surface area (Å²) in [6.07, 6.45) is 1.47. The number of para-hydroxylation sites is 2. The van der Waals surface area contributed by atoms with Gasteiger partial charge in [0.15, 0.2) is 11.5 Å². The van der Waals surface area contributed by atoms with Crippen molar-refractivity contribution < 1.29 is 23.9 Å². The number of amides is 2. The van der Waals surface area contributed by atoms with Crippen LogP contribution in [0.2, 0.25) is 0 Å². The Morgan fingerprint density at radius 1 is 1.40 bits per heavy atom. The summed E-state index contributed by atoms with van der Waals surface area (Å²) in [4.78, 5) is 39.0. The molecule has 1 aliphatic rings. The normalized spacial score (nSPS) is 15.7. The number of carbonyl (C=O) groups is 3. The number of anilines is 1. The van der Waals surface area contributed by atoms with E-state index in [0.29, 0.717) is 30.5 Å². The standard InChI is InChI=1S/C18H19N5O3S.CH2O2/c1-2-15-21-22-18(27-15)23-10-11(9-16(23)24)17(25)19-8-7-14-20-12-5-3-4-6-13(12)26-14;2-1-3/h3-6,11H,2,7-10H2,1H3,(H,19,25);1H,(H,2,3). The van der Waals surface area contributed by atoms with Gasteiger partial charge in [0.2, 0.25) is 16.9 Å². The Kier molecular flexibility index (Phi) is 7.07. The van der Waals surface area contributed by atoms with Crippen molar-refractivity contribution in [3.05, 3.63) is 35.2 Å². The highest BCUT2D eigenvalue weighted by molar-refractivity contribution is 7.15. The van der Waals surface area contributed by atoms with Crippen molar-refractivity contribution in [1.29, 1.82) is 0 Å². The number of oxazole rings is 1. The summed E-state index contributed by atoms with van der Waals surface area (Å²) < 4.78 is 5.64. The number of rotatable bonds is 6. The third-order valence-electron chi connectivity index (χ3n) is 4.46. The zero-order chi connectivity index (χ0) is 21.5. The number of benzene rings is 1. The first kappa shape index (κ1) is 21.4. The minimum Gasteiger partial charge on any atom is -0.483 e. The maximum atomic E-state index is 12.4. The van der Waals surface area contributed by atoms with E-state index >= 15 is 0 Å². The quantitative estimate of drug-likeness (QED) is 0.562. The zero-order valence-electron chi connectivity index (χ0n) is 16.3. The van der Waals surface area contributed by atoms with Crippen LogP contribution in [0.5, 0.6) is 0 Å². The Hall–Kier alpha value is -3.34. The molecule has 158 valence electrons. The number of carbonyl (C=O) groups excluding carboxylic acids is 2. The van der Waals surface area contributed by atoms with Crippen molar-refractivity contribution in [2.24, 2.45) is 5.92 Å². The van der Waals surface area contributed by atoms with Crippen molar-refractivity contribution in [3.63, 3.8) is 0 Å². The van der Waals surface area contributed by atoms with Gasteiger partial charge in [0.05, 0.1) is 5.92 Å². The van der Waals surface area contributed by atoms with E-state index in [-0.39, 0.29) is 30.6 Å². The second-order valence-corrected chi connectivity index (χ2v) is 7.50. The molecule has 1 aromatic carbocycles. The number of nitrogens with one attached hydrogen (secondary N) is 1. The third-order valence-corrected chi connectivity index (χ3v) is 5.55. The van der Waals surface area contributed by atoms with Gasteiger partial charge >= 0.3 is 0 Å². The Bertz CT molecular complexity index is 1000. The Morgan fingerprint density at radius 3 is 2.87 bits per heavy atom. The van der Waals surface area contributed by atoms with E-state index in [1.165, 1.54) is 11.3 Å². The molecular weight excluding hydrogens is 410 g/mol. The molecule has 3 heterocycles. The van der Waals surface area contributed by atoms with Crippen LogP contribution in [-0.2, 0) is 27.2 Å². The molecule has 4 rings (SSSR count). The van der Waals surface area contributed by atoms with Crippen molar-refractivity contribution >= 4 is 45.9 Å². The second-order valence-electron chi connectivity index (χ2n) is 6.46. The van der Waals surface area contributed by atoms with Crippen LogP contribution in [-0.4, -0.2) is 51.7 Å². The Labute approximate surface area is 175 Å². The largest absolute Gasteiger partial charge is 0.483 e. The van der Waals surface area contributed by atoms with Crippen LogP contribution >= 0.6 is 11.3 Å². The van der Waals surface area contributed by atoms with Gasteiger partial charge in [0.1, 0.15) is 10.5 Å². The SMILES string of the molecule is CCc1nnc(N2CC(C(=O)NCCc3nc4ccccc4o3)CC2=O)s1.O=CO. The summed E-state index contributed by atoms with van der Waals surface area (Å²) >= 11 is 1.40. The summed E-state index contributed by atoms with van der Waals surface area (Å²) in [6, 6.07) is 7.54. The molecule has 1 saturated heterocycles. The number of hydrogen-bond acceptors (Lipinski definition) is 8. The number of fused-ring (bicyclic) bond motifs is 1. The minimum atomic E-state index is -0.380. The van der Waals surface area contributed by atoms with Gasteiger partial charge in [-0.1, -0.05) is 30.4 Å². The molecule has 30 heavy (non-hydrogen) atoms. The highest BCUT2D eigenvalue weighted by Crippen LogP contribution is 2.28. The smallest absolute Gasteiger partial charge is 0.290 e. The lowest BCUT2D eigenvalue weighted by molar-refractivity contribution is -0.126. The highest BCUT2D eigenvalue weighted by atomic mass is 32.1. The fraction of sp³-hybridized carbons (Fsp3) is 0.368. The molecule has 2 N–H and O–H groups in total. The summed E-state index contributed by atoms with van der Waals surface area (Å²) in [5.74, 6) is -0.0215. The van der Waals surface area contributed by atoms with E-state index in [1.54, 1.807) is 4.90 Å². The summed E-state index contributed by atoms with van der Waals surface area (Å²) in [6.45, 7) is 2.49. The molecule has 1 aliphatic heterocycles. The lowest BCUT2D eigenvalue weighted by Crippen LogP contribution is -2.34. The topological polar surface area (TPSA) is 139 Å². The van der Waals surface area contributed by atoms with Crippen LogP contribution in [0.25, 0.3) is 11.1 Å².